The van der Waals surface area contributed by atoms with Gasteiger partial charge in [0, 0.05) is 7.11 Å². The summed E-state index contributed by atoms with van der Waals surface area (Å²) in [6.45, 7) is 0.348. The maximum absolute atomic E-state index is 13.1. The first-order chi connectivity index (χ1) is 14.5. The number of carbonyl (C=O) groups excluding carboxylic acids is 1. The number of hydrogen-bond donors (Lipinski definition) is 2. The molecule has 1 aliphatic carbocycles. The first-order valence-corrected chi connectivity index (χ1v) is 10.1. The van der Waals surface area contributed by atoms with Crippen molar-refractivity contribution in [3.8, 4) is 0 Å². The monoisotopic (exact) mass is 416 g/mol. The van der Waals surface area contributed by atoms with Gasteiger partial charge in [-0.3, -0.25) is 24.0 Å². The molecule has 0 unspecified atom stereocenters. The van der Waals surface area contributed by atoms with Gasteiger partial charge in [-0.05, 0) is 18.4 Å². The minimum atomic E-state index is -0.712. The standard InChI is InChI=1S/C21H28N4O5/c1-29-12-11-24-19(22)18(20(27)23-21(24)28)25(13-15-7-3-2-4-8-15)17(26)14-30-16-9-5-6-10-16/h2-4,7-8,16H,5-6,9-14,22H2,1H3,(H,23,27,28). The molecule has 1 amide bonds. The number of nitrogens with one attached hydrogen (secondary N) is 1. The van der Waals surface area contributed by atoms with E-state index < -0.39 is 11.2 Å². The number of ether oxygens (including phenoxy) is 2. The van der Waals surface area contributed by atoms with Gasteiger partial charge in [-0.25, -0.2) is 4.79 Å². The number of nitrogens with zero attached hydrogens (tertiary/aromatic N) is 2. The van der Waals surface area contributed by atoms with E-state index >= 15 is 0 Å². The lowest BCUT2D eigenvalue weighted by Crippen LogP contribution is -2.42. The molecular weight excluding hydrogens is 388 g/mol. The van der Waals surface area contributed by atoms with E-state index in [1.807, 2.05) is 30.3 Å². The zero-order chi connectivity index (χ0) is 21.5. The van der Waals surface area contributed by atoms with Crippen molar-refractivity contribution in [3.63, 3.8) is 0 Å². The molecule has 0 radical (unpaired) electrons. The van der Waals surface area contributed by atoms with Gasteiger partial charge in [0.05, 0.1) is 25.8 Å². The second-order valence-electron chi connectivity index (χ2n) is 7.32. The molecule has 0 saturated heterocycles. The zero-order valence-corrected chi connectivity index (χ0v) is 17.1. The number of anilines is 2. The van der Waals surface area contributed by atoms with Crippen molar-refractivity contribution in [1.29, 1.82) is 0 Å². The quantitative estimate of drug-likeness (QED) is 0.635. The highest BCUT2D eigenvalue weighted by Gasteiger charge is 2.26. The van der Waals surface area contributed by atoms with Gasteiger partial charge >= 0.3 is 5.69 Å². The van der Waals surface area contributed by atoms with Crippen LogP contribution in [0.15, 0.2) is 39.9 Å². The fourth-order valence-corrected chi connectivity index (χ4v) is 3.62. The normalized spacial score (nSPS) is 14.2. The van der Waals surface area contributed by atoms with Gasteiger partial charge < -0.3 is 15.2 Å². The summed E-state index contributed by atoms with van der Waals surface area (Å²) in [6.07, 6.45) is 4.08. The van der Waals surface area contributed by atoms with Crippen LogP contribution in [0, 0.1) is 0 Å². The summed E-state index contributed by atoms with van der Waals surface area (Å²) < 4.78 is 12.0. The SMILES string of the molecule is COCCn1c(N)c(N(Cc2ccccc2)C(=O)COC2CCCC2)c(=O)[nH]c1=O. The summed E-state index contributed by atoms with van der Waals surface area (Å²) in [7, 11) is 1.50. The highest BCUT2D eigenvalue weighted by Crippen LogP contribution is 2.23. The van der Waals surface area contributed by atoms with Crippen LogP contribution < -0.4 is 21.9 Å². The van der Waals surface area contributed by atoms with Crippen LogP contribution in [0.2, 0.25) is 0 Å². The third-order valence-corrected chi connectivity index (χ3v) is 5.23. The Balaban J connectivity index is 1.95. The summed E-state index contributed by atoms with van der Waals surface area (Å²) in [5.74, 6) is -0.467. The zero-order valence-electron chi connectivity index (χ0n) is 17.1. The topological polar surface area (TPSA) is 120 Å². The van der Waals surface area contributed by atoms with Gasteiger partial charge in [0.2, 0.25) is 0 Å². The Labute approximate surface area is 174 Å². The van der Waals surface area contributed by atoms with Crippen LogP contribution >= 0.6 is 0 Å². The number of H-pyrrole nitrogens is 1. The number of methoxy groups -OCH3 is 1. The van der Waals surface area contributed by atoms with E-state index in [9.17, 15) is 14.4 Å². The van der Waals surface area contributed by atoms with Gasteiger partial charge in [0.25, 0.3) is 11.5 Å². The lowest BCUT2D eigenvalue weighted by molar-refractivity contribution is -0.125. The number of carbonyl (C=O) groups is 1. The van der Waals surface area contributed by atoms with Crippen LogP contribution in [0.1, 0.15) is 31.2 Å². The molecule has 1 aliphatic rings. The van der Waals surface area contributed by atoms with Crippen molar-refractivity contribution in [2.75, 3.05) is 31.0 Å². The Bertz CT molecular complexity index is 964. The Morgan fingerprint density at radius 3 is 2.60 bits per heavy atom. The first-order valence-electron chi connectivity index (χ1n) is 10.1. The van der Waals surface area contributed by atoms with E-state index in [1.165, 1.54) is 16.6 Å². The molecule has 2 aromatic rings. The first kappa shape index (κ1) is 21.8. The molecule has 30 heavy (non-hydrogen) atoms. The summed E-state index contributed by atoms with van der Waals surface area (Å²) >= 11 is 0. The molecule has 162 valence electrons. The number of nitrogen functional groups attached to an aromatic ring is 1. The van der Waals surface area contributed by atoms with Crippen molar-refractivity contribution in [2.24, 2.45) is 0 Å². The van der Waals surface area contributed by atoms with E-state index in [0.29, 0.717) is 0 Å². The number of nitrogens with two attached hydrogens (primary N) is 1. The molecule has 1 heterocycles. The van der Waals surface area contributed by atoms with Crippen LogP contribution in [-0.4, -0.2) is 41.9 Å². The highest BCUT2D eigenvalue weighted by molar-refractivity contribution is 5.96. The minimum absolute atomic E-state index is 0.0545. The maximum Gasteiger partial charge on any atom is 0.330 e. The van der Waals surface area contributed by atoms with Crippen molar-refractivity contribution >= 4 is 17.4 Å². The predicted molar refractivity (Wildman–Crippen MR) is 113 cm³/mol. The molecule has 0 atom stereocenters. The van der Waals surface area contributed by atoms with E-state index in [1.54, 1.807) is 0 Å². The summed E-state index contributed by atoms with van der Waals surface area (Å²) in [6, 6.07) is 9.26. The highest BCUT2D eigenvalue weighted by atomic mass is 16.5. The Kier molecular flexibility index (Phi) is 7.42. The second-order valence-corrected chi connectivity index (χ2v) is 7.32. The molecule has 1 saturated carbocycles. The fourth-order valence-electron chi connectivity index (χ4n) is 3.62. The van der Waals surface area contributed by atoms with Crippen LogP contribution in [0.3, 0.4) is 0 Å². The van der Waals surface area contributed by atoms with Crippen molar-refractivity contribution in [2.45, 2.75) is 44.9 Å². The lowest BCUT2D eigenvalue weighted by Gasteiger charge is -2.25. The molecular formula is C21H28N4O5. The molecule has 3 N–H and O–H groups in total. The summed E-state index contributed by atoms with van der Waals surface area (Å²) in [5, 5.41) is 0. The van der Waals surface area contributed by atoms with E-state index in [2.05, 4.69) is 4.98 Å². The van der Waals surface area contributed by atoms with E-state index in [4.69, 9.17) is 15.2 Å². The Morgan fingerprint density at radius 2 is 1.93 bits per heavy atom. The molecule has 9 heteroatoms. The number of benzene rings is 1. The minimum Gasteiger partial charge on any atom is -0.383 e. The molecule has 1 aromatic heterocycles. The average molecular weight is 416 g/mol. The van der Waals surface area contributed by atoms with Crippen LogP contribution in [0.5, 0.6) is 0 Å². The van der Waals surface area contributed by atoms with Crippen molar-refractivity contribution < 1.29 is 14.3 Å². The van der Waals surface area contributed by atoms with Crippen LogP contribution in [-0.2, 0) is 27.4 Å². The summed E-state index contributed by atoms with van der Waals surface area (Å²) in [5.41, 5.74) is 5.59. The molecule has 3 rings (SSSR count). The molecule has 1 fully saturated rings. The third-order valence-electron chi connectivity index (χ3n) is 5.23. The Hall–Kier alpha value is -2.91. The van der Waals surface area contributed by atoms with Crippen molar-refractivity contribution in [3.05, 3.63) is 56.7 Å². The molecule has 0 spiro atoms. The number of hydrogen-bond acceptors (Lipinski definition) is 6. The lowest BCUT2D eigenvalue weighted by atomic mass is 10.2. The van der Waals surface area contributed by atoms with Crippen LogP contribution in [0.25, 0.3) is 0 Å². The number of aromatic amines is 1. The second kappa shape index (κ2) is 10.2. The van der Waals surface area contributed by atoms with Crippen LogP contribution in [0.4, 0.5) is 11.5 Å². The Morgan fingerprint density at radius 1 is 1.23 bits per heavy atom. The van der Waals surface area contributed by atoms with Gasteiger partial charge in [-0.15, -0.1) is 0 Å². The van der Waals surface area contributed by atoms with E-state index in [-0.39, 0.29) is 49.8 Å². The summed E-state index contributed by atoms with van der Waals surface area (Å²) in [4.78, 5) is 41.5. The molecule has 1 aromatic carbocycles. The number of rotatable bonds is 9. The van der Waals surface area contributed by atoms with Gasteiger partial charge in [0.1, 0.15) is 12.4 Å². The predicted octanol–water partition coefficient (Wildman–Crippen LogP) is 1.26. The van der Waals surface area contributed by atoms with E-state index in [0.717, 1.165) is 31.2 Å². The smallest absolute Gasteiger partial charge is 0.330 e. The van der Waals surface area contributed by atoms with Crippen molar-refractivity contribution in [1.82, 2.24) is 9.55 Å². The molecule has 0 bridgehead atoms. The third kappa shape index (κ3) is 5.17. The number of aromatic nitrogens is 2. The van der Waals surface area contributed by atoms with Gasteiger partial charge in [-0.1, -0.05) is 43.2 Å². The fraction of sp³-hybridized carbons (Fsp3) is 0.476. The van der Waals surface area contributed by atoms with Gasteiger partial charge in [0.15, 0.2) is 5.69 Å². The molecule has 9 nitrogen and oxygen atoms in total. The average Bonchev–Trinajstić information content (AvgIpc) is 3.25. The maximum atomic E-state index is 13.1. The number of amides is 1. The largest absolute Gasteiger partial charge is 0.383 e. The molecule has 0 aliphatic heterocycles. The van der Waals surface area contributed by atoms with Gasteiger partial charge in [-0.2, -0.15) is 0 Å².